The van der Waals surface area contributed by atoms with Crippen LogP contribution in [0.5, 0.6) is 0 Å². The number of hydrogen-bond donors (Lipinski definition) is 1. The van der Waals surface area contributed by atoms with Gasteiger partial charge in [0.05, 0.1) is 17.1 Å². The first kappa shape index (κ1) is 12.2. The maximum absolute atomic E-state index is 11.3. The summed E-state index contributed by atoms with van der Waals surface area (Å²) in [5.74, 6) is -0.563. The number of hydrogen-bond acceptors (Lipinski definition) is 3. The van der Waals surface area contributed by atoms with Gasteiger partial charge in [0.25, 0.3) is 0 Å². The van der Waals surface area contributed by atoms with Crippen LogP contribution >= 0.6 is 11.6 Å². The molecular formula is C9H9ClO4S. The van der Waals surface area contributed by atoms with Crippen molar-refractivity contribution in [3.8, 4) is 0 Å². The van der Waals surface area contributed by atoms with Crippen LogP contribution in [0.1, 0.15) is 17.3 Å². The van der Waals surface area contributed by atoms with Crippen LogP contribution in [0.25, 0.3) is 0 Å². The SMILES string of the molecule is CCOC(=O)c1cc(Cl)cc(S(=O)O)c1. The molecular weight excluding hydrogens is 240 g/mol. The molecule has 1 unspecified atom stereocenters. The molecule has 0 aromatic heterocycles. The molecule has 1 aromatic rings. The smallest absolute Gasteiger partial charge is 0.338 e. The Morgan fingerprint density at radius 3 is 2.73 bits per heavy atom. The van der Waals surface area contributed by atoms with Crippen molar-refractivity contribution >= 4 is 28.7 Å². The Balaban J connectivity index is 3.09. The van der Waals surface area contributed by atoms with E-state index in [1.807, 2.05) is 0 Å². The number of halogens is 1. The minimum atomic E-state index is -2.16. The third-order valence-electron chi connectivity index (χ3n) is 1.58. The standard InChI is InChI=1S/C9H9ClO4S/c1-2-14-9(11)6-3-7(10)5-8(4-6)15(12)13/h3-5H,2H2,1H3,(H,12,13). The van der Waals surface area contributed by atoms with Crippen molar-refractivity contribution in [2.24, 2.45) is 0 Å². The lowest BCUT2D eigenvalue weighted by atomic mass is 10.2. The van der Waals surface area contributed by atoms with Gasteiger partial charge in [0.1, 0.15) is 0 Å². The van der Waals surface area contributed by atoms with Crippen molar-refractivity contribution < 1.29 is 18.3 Å². The van der Waals surface area contributed by atoms with E-state index in [9.17, 15) is 9.00 Å². The molecule has 0 saturated carbocycles. The Hall–Kier alpha value is -0.910. The van der Waals surface area contributed by atoms with E-state index in [1.54, 1.807) is 6.92 Å². The van der Waals surface area contributed by atoms with E-state index in [1.165, 1.54) is 18.2 Å². The molecule has 0 fully saturated rings. The van der Waals surface area contributed by atoms with Crippen molar-refractivity contribution in [1.29, 1.82) is 0 Å². The molecule has 15 heavy (non-hydrogen) atoms. The summed E-state index contributed by atoms with van der Waals surface area (Å²) in [4.78, 5) is 11.4. The Labute approximate surface area is 94.5 Å². The van der Waals surface area contributed by atoms with Gasteiger partial charge in [-0.3, -0.25) is 0 Å². The van der Waals surface area contributed by atoms with Gasteiger partial charge in [0.15, 0.2) is 11.1 Å². The minimum absolute atomic E-state index is 0.0746. The summed E-state index contributed by atoms with van der Waals surface area (Å²) in [5, 5.41) is 0.220. The summed E-state index contributed by atoms with van der Waals surface area (Å²) >= 11 is 3.52. The Morgan fingerprint density at radius 2 is 2.20 bits per heavy atom. The van der Waals surface area contributed by atoms with Crippen molar-refractivity contribution in [2.75, 3.05) is 6.61 Å². The Kier molecular flexibility index (Phi) is 4.26. The molecule has 4 nitrogen and oxygen atoms in total. The molecule has 0 saturated heterocycles. The van der Waals surface area contributed by atoms with Gasteiger partial charge in [-0.15, -0.1) is 0 Å². The first-order chi connectivity index (χ1) is 7.04. The Morgan fingerprint density at radius 1 is 1.53 bits per heavy atom. The summed E-state index contributed by atoms with van der Waals surface area (Å²) in [6.45, 7) is 1.91. The molecule has 1 aromatic carbocycles. The monoisotopic (exact) mass is 248 g/mol. The number of ether oxygens (including phenoxy) is 1. The topological polar surface area (TPSA) is 63.6 Å². The summed E-state index contributed by atoms with van der Waals surface area (Å²) < 4.78 is 24.4. The van der Waals surface area contributed by atoms with E-state index < -0.39 is 17.0 Å². The average Bonchev–Trinajstić information content (AvgIpc) is 2.17. The fraction of sp³-hybridized carbons (Fsp3) is 0.222. The normalized spacial score (nSPS) is 12.2. The maximum atomic E-state index is 11.3. The number of esters is 1. The van der Waals surface area contributed by atoms with Crippen LogP contribution in [0, 0.1) is 0 Å². The highest BCUT2D eigenvalue weighted by atomic mass is 35.5. The van der Waals surface area contributed by atoms with Gasteiger partial charge in [0.2, 0.25) is 0 Å². The van der Waals surface area contributed by atoms with E-state index in [0.29, 0.717) is 0 Å². The van der Waals surface area contributed by atoms with Crippen LogP contribution in [0.2, 0.25) is 5.02 Å². The van der Waals surface area contributed by atoms with Gasteiger partial charge in [-0.1, -0.05) is 11.6 Å². The van der Waals surface area contributed by atoms with Crippen LogP contribution < -0.4 is 0 Å². The molecule has 1 N–H and O–H groups in total. The van der Waals surface area contributed by atoms with Crippen LogP contribution in [0.3, 0.4) is 0 Å². The van der Waals surface area contributed by atoms with Crippen molar-refractivity contribution in [3.63, 3.8) is 0 Å². The average molecular weight is 249 g/mol. The van der Waals surface area contributed by atoms with E-state index in [-0.39, 0.29) is 22.1 Å². The summed E-state index contributed by atoms with van der Waals surface area (Å²) in [6.07, 6.45) is 0. The zero-order valence-electron chi connectivity index (χ0n) is 7.90. The number of rotatable bonds is 3. The van der Waals surface area contributed by atoms with Crippen LogP contribution in [-0.4, -0.2) is 21.3 Å². The Bertz CT molecular complexity index is 405. The molecule has 82 valence electrons. The van der Waals surface area contributed by atoms with E-state index in [4.69, 9.17) is 20.9 Å². The molecule has 0 aliphatic heterocycles. The molecule has 0 aliphatic carbocycles. The molecule has 0 aliphatic rings. The van der Waals surface area contributed by atoms with Gasteiger partial charge in [-0.05, 0) is 25.1 Å². The number of benzene rings is 1. The van der Waals surface area contributed by atoms with Crippen molar-refractivity contribution in [2.45, 2.75) is 11.8 Å². The van der Waals surface area contributed by atoms with E-state index in [0.717, 1.165) is 0 Å². The zero-order chi connectivity index (χ0) is 11.4. The third-order valence-corrected chi connectivity index (χ3v) is 2.44. The quantitative estimate of drug-likeness (QED) is 0.657. The summed E-state index contributed by atoms with van der Waals surface area (Å²) in [5.41, 5.74) is 0.168. The lowest BCUT2D eigenvalue weighted by molar-refractivity contribution is 0.0526. The predicted molar refractivity (Wildman–Crippen MR) is 56.4 cm³/mol. The van der Waals surface area contributed by atoms with Gasteiger partial charge < -0.3 is 9.29 Å². The molecule has 1 atom stereocenters. The van der Waals surface area contributed by atoms with Crippen LogP contribution in [-0.2, 0) is 15.8 Å². The van der Waals surface area contributed by atoms with Crippen molar-refractivity contribution in [1.82, 2.24) is 0 Å². The van der Waals surface area contributed by atoms with E-state index in [2.05, 4.69) is 0 Å². The van der Waals surface area contributed by atoms with Crippen LogP contribution in [0.15, 0.2) is 23.1 Å². The highest BCUT2D eigenvalue weighted by Crippen LogP contribution is 2.18. The number of carbonyl (C=O) groups is 1. The van der Waals surface area contributed by atoms with Crippen molar-refractivity contribution in [3.05, 3.63) is 28.8 Å². The second-order valence-corrected chi connectivity index (χ2v) is 4.05. The second-order valence-electron chi connectivity index (χ2n) is 2.65. The highest BCUT2D eigenvalue weighted by molar-refractivity contribution is 7.79. The van der Waals surface area contributed by atoms with Gasteiger partial charge in [-0.2, -0.15) is 0 Å². The first-order valence-electron chi connectivity index (χ1n) is 4.13. The minimum Gasteiger partial charge on any atom is -0.462 e. The molecule has 0 radical (unpaired) electrons. The molecule has 0 heterocycles. The fourth-order valence-electron chi connectivity index (χ4n) is 0.996. The van der Waals surface area contributed by atoms with Crippen LogP contribution in [0.4, 0.5) is 0 Å². The largest absolute Gasteiger partial charge is 0.462 e. The molecule has 6 heteroatoms. The highest BCUT2D eigenvalue weighted by Gasteiger charge is 2.11. The maximum Gasteiger partial charge on any atom is 0.338 e. The molecule has 0 amide bonds. The summed E-state index contributed by atoms with van der Waals surface area (Å²) in [7, 11) is 0. The predicted octanol–water partition coefficient (Wildman–Crippen LogP) is 2.10. The second kappa shape index (κ2) is 5.25. The molecule has 0 spiro atoms. The zero-order valence-corrected chi connectivity index (χ0v) is 9.47. The molecule has 1 rings (SSSR count). The fourth-order valence-corrected chi connectivity index (χ4v) is 1.75. The summed E-state index contributed by atoms with van der Waals surface area (Å²) in [6, 6.07) is 3.98. The molecule has 0 bridgehead atoms. The van der Waals surface area contributed by atoms with E-state index >= 15 is 0 Å². The first-order valence-corrected chi connectivity index (χ1v) is 5.61. The van der Waals surface area contributed by atoms with Gasteiger partial charge >= 0.3 is 5.97 Å². The lowest BCUT2D eigenvalue weighted by Crippen LogP contribution is -2.05. The third kappa shape index (κ3) is 3.30. The van der Waals surface area contributed by atoms with Gasteiger partial charge in [-0.25, -0.2) is 9.00 Å². The van der Waals surface area contributed by atoms with Gasteiger partial charge in [0, 0.05) is 5.02 Å². The lowest BCUT2D eigenvalue weighted by Gasteiger charge is -2.03. The number of carbonyl (C=O) groups excluding carboxylic acids is 1.